The zero-order valence-corrected chi connectivity index (χ0v) is 17.5. The van der Waals surface area contributed by atoms with E-state index < -0.39 is 28.3 Å². The monoisotopic (exact) mass is 444 g/mol. The van der Waals surface area contributed by atoms with E-state index in [0.29, 0.717) is 24.0 Å². The molecule has 1 fully saturated rings. The molecule has 0 N–H and O–H groups in total. The van der Waals surface area contributed by atoms with Crippen molar-refractivity contribution < 1.29 is 22.7 Å². The Morgan fingerprint density at radius 1 is 1.13 bits per heavy atom. The number of carbonyl (C=O) groups is 1. The third kappa shape index (κ3) is 4.01. The van der Waals surface area contributed by atoms with E-state index in [1.807, 2.05) is 0 Å². The molecule has 2 heterocycles. The maximum atomic E-state index is 13.0. The van der Waals surface area contributed by atoms with Gasteiger partial charge < -0.3 is 9.47 Å². The van der Waals surface area contributed by atoms with Gasteiger partial charge in [-0.25, -0.2) is 13.2 Å². The van der Waals surface area contributed by atoms with Crippen LogP contribution in [0.4, 0.5) is 0 Å². The van der Waals surface area contributed by atoms with Crippen molar-refractivity contribution in [2.45, 2.75) is 24.5 Å². The van der Waals surface area contributed by atoms with E-state index in [2.05, 4.69) is 10.3 Å². The minimum Gasteiger partial charge on any atom is -0.495 e. The number of nitrogens with zero attached hydrogens (tertiary/aromatic N) is 4. The van der Waals surface area contributed by atoms with Crippen LogP contribution < -0.4 is 10.3 Å². The quantitative estimate of drug-likeness (QED) is 0.523. The van der Waals surface area contributed by atoms with Gasteiger partial charge in [-0.2, -0.15) is 8.99 Å². The van der Waals surface area contributed by atoms with E-state index in [9.17, 15) is 18.0 Å². The Hall–Kier alpha value is -3.31. The Balaban J connectivity index is 1.58. The second-order valence-corrected chi connectivity index (χ2v) is 8.86. The van der Waals surface area contributed by atoms with Gasteiger partial charge in [0.25, 0.3) is 5.56 Å². The lowest BCUT2D eigenvalue weighted by molar-refractivity contribution is 0.0335. The summed E-state index contributed by atoms with van der Waals surface area (Å²) in [6, 6.07) is 10.7. The van der Waals surface area contributed by atoms with Crippen LogP contribution in [0.25, 0.3) is 10.9 Å². The highest BCUT2D eigenvalue weighted by Crippen LogP contribution is 2.30. The third-order valence-electron chi connectivity index (χ3n) is 5.03. The lowest BCUT2D eigenvalue weighted by atomic mass is 10.2. The number of ether oxygens (including phenoxy) is 2. The van der Waals surface area contributed by atoms with Gasteiger partial charge in [0.15, 0.2) is 6.73 Å². The van der Waals surface area contributed by atoms with Gasteiger partial charge in [-0.15, -0.1) is 5.10 Å². The van der Waals surface area contributed by atoms with Crippen LogP contribution in [0, 0.1) is 0 Å². The highest BCUT2D eigenvalue weighted by atomic mass is 32.2. The summed E-state index contributed by atoms with van der Waals surface area (Å²) < 4.78 is 38.6. The van der Waals surface area contributed by atoms with Crippen molar-refractivity contribution >= 4 is 26.9 Å². The van der Waals surface area contributed by atoms with Crippen molar-refractivity contribution in [3.63, 3.8) is 0 Å². The molecule has 3 aromatic rings. The summed E-state index contributed by atoms with van der Waals surface area (Å²) in [5.74, 6) is -0.664. The first-order chi connectivity index (χ1) is 14.9. The molecule has 0 spiro atoms. The molecule has 10 nitrogen and oxygen atoms in total. The number of hydrogen-bond donors (Lipinski definition) is 0. The zero-order chi connectivity index (χ0) is 22.0. The van der Waals surface area contributed by atoms with Crippen molar-refractivity contribution in [2.75, 3.05) is 20.2 Å². The summed E-state index contributed by atoms with van der Waals surface area (Å²) in [7, 11) is -2.45. The fourth-order valence-electron chi connectivity index (χ4n) is 3.38. The molecule has 0 aliphatic carbocycles. The topological polar surface area (TPSA) is 121 Å². The molecule has 1 aliphatic heterocycles. The minimum atomic E-state index is -3.81. The summed E-state index contributed by atoms with van der Waals surface area (Å²) in [4.78, 5) is 24.9. The zero-order valence-electron chi connectivity index (χ0n) is 16.7. The number of rotatable bonds is 6. The molecule has 2 aromatic carbocycles. The first-order valence-electron chi connectivity index (χ1n) is 9.59. The molecular weight excluding hydrogens is 424 g/mol. The smallest absolute Gasteiger partial charge is 0.339 e. The molecule has 31 heavy (non-hydrogen) atoms. The minimum absolute atomic E-state index is 0.0142. The molecule has 162 valence electrons. The van der Waals surface area contributed by atoms with E-state index in [0.717, 1.165) is 17.5 Å². The molecule has 11 heteroatoms. The Labute approximate surface area is 178 Å². The van der Waals surface area contributed by atoms with Crippen LogP contribution in [0.2, 0.25) is 0 Å². The van der Waals surface area contributed by atoms with E-state index in [1.165, 1.54) is 29.6 Å². The second kappa shape index (κ2) is 8.44. The van der Waals surface area contributed by atoms with Crippen LogP contribution in [-0.4, -0.2) is 53.9 Å². The first kappa shape index (κ1) is 20.9. The summed E-state index contributed by atoms with van der Waals surface area (Å²) in [5, 5.41) is 8.03. The van der Waals surface area contributed by atoms with E-state index in [4.69, 9.17) is 9.47 Å². The number of fused-ring (bicyclic) bond motifs is 1. The van der Waals surface area contributed by atoms with Gasteiger partial charge in [-0.05, 0) is 43.2 Å². The van der Waals surface area contributed by atoms with Gasteiger partial charge in [0.1, 0.15) is 16.2 Å². The van der Waals surface area contributed by atoms with Crippen molar-refractivity contribution in [3.05, 3.63) is 58.4 Å². The van der Waals surface area contributed by atoms with Gasteiger partial charge >= 0.3 is 5.97 Å². The highest BCUT2D eigenvalue weighted by Gasteiger charge is 2.30. The normalized spacial score (nSPS) is 14.6. The summed E-state index contributed by atoms with van der Waals surface area (Å²) >= 11 is 0. The Bertz CT molecular complexity index is 1300. The highest BCUT2D eigenvalue weighted by molar-refractivity contribution is 7.89. The predicted molar refractivity (Wildman–Crippen MR) is 110 cm³/mol. The first-order valence-corrected chi connectivity index (χ1v) is 11.0. The van der Waals surface area contributed by atoms with Crippen molar-refractivity contribution in [1.29, 1.82) is 0 Å². The predicted octanol–water partition coefficient (Wildman–Crippen LogP) is 1.40. The number of carbonyl (C=O) groups excluding carboxylic acids is 1. The molecule has 1 aliphatic rings. The Morgan fingerprint density at radius 2 is 1.87 bits per heavy atom. The van der Waals surface area contributed by atoms with E-state index in [1.54, 1.807) is 24.3 Å². The second-order valence-electron chi connectivity index (χ2n) is 6.95. The van der Waals surface area contributed by atoms with E-state index >= 15 is 0 Å². The standard InChI is InChI=1S/C20H20N4O6S/c1-29-17-9-8-14(12-18(17)31(27,28)23-10-4-5-11-23)20(26)30-13-24-19(25)15-6-2-3-7-16(15)21-22-24/h2-3,6-9,12H,4-5,10-11,13H2,1H3. The van der Waals surface area contributed by atoms with Crippen molar-refractivity contribution in [3.8, 4) is 5.75 Å². The third-order valence-corrected chi connectivity index (χ3v) is 6.95. The van der Waals surface area contributed by atoms with Gasteiger partial charge in [-0.3, -0.25) is 4.79 Å². The number of methoxy groups -OCH3 is 1. The van der Waals surface area contributed by atoms with Gasteiger partial charge in [-0.1, -0.05) is 17.3 Å². The van der Waals surface area contributed by atoms with Crippen LogP contribution in [0.15, 0.2) is 52.2 Å². The molecule has 0 amide bonds. The van der Waals surface area contributed by atoms with Crippen LogP contribution in [0.1, 0.15) is 23.2 Å². The van der Waals surface area contributed by atoms with Gasteiger partial charge in [0, 0.05) is 13.1 Å². The molecule has 4 rings (SSSR count). The fourth-order valence-corrected chi connectivity index (χ4v) is 5.08. The molecule has 0 radical (unpaired) electrons. The van der Waals surface area contributed by atoms with Crippen molar-refractivity contribution in [2.24, 2.45) is 0 Å². The summed E-state index contributed by atoms with van der Waals surface area (Å²) in [6.45, 7) is 0.378. The summed E-state index contributed by atoms with van der Waals surface area (Å²) in [6.07, 6.45) is 1.57. The van der Waals surface area contributed by atoms with E-state index in [-0.39, 0.29) is 16.2 Å². The van der Waals surface area contributed by atoms with Crippen LogP contribution in [0.5, 0.6) is 5.75 Å². The van der Waals surface area contributed by atoms with Gasteiger partial charge in [0.05, 0.1) is 18.1 Å². The molecule has 1 aromatic heterocycles. The molecule has 1 saturated heterocycles. The fraction of sp³-hybridized carbons (Fsp3) is 0.300. The van der Waals surface area contributed by atoms with Crippen LogP contribution in [0.3, 0.4) is 0 Å². The average Bonchev–Trinajstić information content (AvgIpc) is 3.34. The van der Waals surface area contributed by atoms with Crippen LogP contribution in [-0.2, 0) is 21.5 Å². The summed E-state index contributed by atoms with van der Waals surface area (Å²) in [5.41, 5.74) is -0.00667. The van der Waals surface area contributed by atoms with Crippen molar-refractivity contribution in [1.82, 2.24) is 19.3 Å². The Morgan fingerprint density at radius 3 is 2.61 bits per heavy atom. The molecule has 0 bridgehead atoms. The lowest BCUT2D eigenvalue weighted by Crippen LogP contribution is -2.28. The largest absolute Gasteiger partial charge is 0.495 e. The molecular formula is C20H20N4O6S. The number of esters is 1. The lowest BCUT2D eigenvalue weighted by Gasteiger charge is -2.18. The number of benzene rings is 2. The number of hydrogen-bond acceptors (Lipinski definition) is 8. The molecule has 0 unspecified atom stereocenters. The maximum absolute atomic E-state index is 13.0. The number of sulfonamides is 1. The van der Waals surface area contributed by atoms with Crippen LogP contribution >= 0.6 is 0 Å². The SMILES string of the molecule is COc1ccc(C(=O)OCn2nnc3ccccc3c2=O)cc1S(=O)(=O)N1CCCC1. The maximum Gasteiger partial charge on any atom is 0.339 e. The number of aromatic nitrogens is 3. The molecule has 0 saturated carbocycles. The van der Waals surface area contributed by atoms with Gasteiger partial charge in [0.2, 0.25) is 10.0 Å². The Kier molecular flexibility index (Phi) is 5.70. The average molecular weight is 444 g/mol. The molecule has 0 atom stereocenters.